The molecule has 6 nitrogen and oxygen atoms in total. The number of nitrogens with zero attached hydrogens (tertiary/aromatic N) is 1. The van der Waals surface area contributed by atoms with Crippen LogP contribution in [0.15, 0.2) is 36.4 Å². The van der Waals surface area contributed by atoms with Crippen molar-refractivity contribution < 1.29 is 30.7 Å². The van der Waals surface area contributed by atoms with Crippen molar-refractivity contribution in [1.82, 2.24) is 0 Å². The molecule has 2 rings (SSSR count). The van der Waals surface area contributed by atoms with Crippen molar-refractivity contribution in [1.29, 1.82) is 0 Å². The molecule has 0 fully saturated rings. The second kappa shape index (κ2) is 6.88. The first-order chi connectivity index (χ1) is 11.1. The van der Waals surface area contributed by atoms with Crippen molar-refractivity contribution in [2.45, 2.75) is 6.18 Å². The first kappa shape index (κ1) is 18.4. The molecule has 1 radical (unpaired) electrons. The molecule has 2 aromatic rings. The molecule has 0 saturated heterocycles. The van der Waals surface area contributed by atoms with Gasteiger partial charge in [-0.2, -0.15) is 0 Å². The molecule has 0 aliphatic heterocycles. The minimum absolute atomic E-state index is 0.0680. The van der Waals surface area contributed by atoms with Gasteiger partial charge in [0, 0.05) is 0 Å². The summed E-state index contributed by atoms with van der Waals surface area (Å²) in [6.07, 6.45) is -4.57. The second-order valence-corrected chi connectivity index (χ2v) is 6.99. The summed E-state index contributed by atoms with van der Waals surface area (Å²) in [6.45, 7) is 0. The average Bonchev–Trinajstić information content (AvgIpc) is 2.47. The van der Waals surface area contributed by atoms with Crippen molar-refractivity contribution in [3.8, 4) is 11.5 Å². The van der Waals surface area contributed by atoms with Crippen molar-refractivity contribution in [2.75, 3.05) is 0 Å². The Bertz CT molecular complexity index is 828. The molecule has 0 heterocycles. The van der Waals surface area contributed by atoms with Gasteiger partial charge >= 0.3 is 142 Å². The quantitative estimate of drug-likeness (QED) is 0.463. The second-order valence-electron chi connectivity index (χ2n) is 4.43. The fourth-order valence-corrected chi connectivity index (χ4v) is 3.22. The molecule has 24 heavy (non-hydrogen) atoms. The van der Waals surface area contributed by atoms with Gasteiger partial charge in [0.15, 0.2) is 0 Å². The predicted molar refractivity (Wildman–Crippen MR) is 77.9 cm³/mol. The van der Waals surface area contributed by atoms with Crippen LogP contribution < -0.4 is 9.09 Å². The van der Waals surface area contributed by atoms with E-state index in [1.807, 2.05) is 0 Å². The van der Waals surface area contributed by atoms with Gasteiger partial charge in [-0.3, -0.25) is 0 Å². The third-order valence-electron chi connectivity index (χ3n) is 2.84. The molecule has 1 unspecified atom stereocenters. The Morgan fingerprint density at radius 2 is 1.88 bits per heavy atom. The van der Waals surface area contributed by atoms with Crippen LogP contribution in [0.4, 0.5) is 18.9 Å². The number of hydrogen-bond donors (Lipinski definition) is 1. The molecule has 2 aromatic carbocycles. The average molecular weight is 425 g/mol. The normalized spacial score (nSPS) is 12.0. The molecule has 0 saturated carbocycles. The molecule has 127 valence electrons. The van der Waals surface area contributed by atoms with Gasteiger partial charge in [0.1, 0.15) is 0 Å². The fraction of sp³-hybridized carbons (Fsp3) is 0.0769. The van der Waals surface area contributed by atoms with Gasteiger partial charge in [0.05, 0.1) is 0 Å². The fourth-order valence-electron chi connectivity index (χ4n) is 1.76. The summed E-state index contributed by atoms with van der Waals surface area (Å²) in [7, 11) is 0. The third-order valence-corrected chi connectivity index (χ3v) is 4.75. The summed E-state index contributed by atoms with van der Waals surface area (Å²) in [5, 5.41) is 10.5. The molecule has 0 spiro atoms. The maximum atomic E-state index is 12.6. The first-order valence-corrected chi connectivity index (χ1v) is 9.01. The zero-order valence-electron chi connectivity index (χ0n) is 11.5. The molecule has 0 bridgehead atoms. The van der Waals surface area contributed by atoms with Crippen LogP contribution in [0.5, 0.6) is 11.5 Å². The van der Waals surface area contributed by atoms with Crippen LogP contribution in [0.2, 0.25) is 5.02 Å². The van der Waals surface area contributed by atoms with Crippen LogP contribution in [0.1, 0.15) is 5.56 Å². The minimum atomic E-state index is -4.57. The van der Waals surface area contributed by atoms with Gasteiger partial charge < -0.3 is 0 Å². The van der Waals surface area contributed by atoms with Crippen LogP contribution in [0, 0.1) is 10.1 Å². The standard InChI is InChI=1S/C13H7AsClF3NO5/c15-10-5-7(13(16,17)18)1-4-12(10)24-8-2-3-11(19(22)23)9(6-8)14(20)21/h1-6H,(H,20,21). The van der Waals surface area contributed by atoms with E-state index in [4.69, 9.17) is 16.3 Å². The summed E-state index contributed by atoms with van der Waals surface area (Å²) >= 11 is 1.91. The van der Waals surface area contributed by atoms with Crippen LogP contribution in [0.3, 0.4) is 0 Å². The van der Waals surface area contributed by atoms with Crippen LogP contribution >= 0.6 is 11.6 Å². The molecule has 1 atom stereocenters. The topological polar surface area (TPSA) is 89.7 Å². The molecule has 1 N–H and O–H groups in total. The summed E-state index contributed by atoms with van der Waals surface area (Å²) in [5.74, 6) is -0.200. The van der Waals surface area contributed by atoms with Gasteiger partial charge in [-0.05, 0) is 0 Å². The number of halogens is 4. The van der Waals surface area contributed by atoms with E-state index in [9.17, 15) is 31.1 Å². The number of nitro groups is 1. The van der Waals surface area contributed by atoms with Gasteiger partial charge in [0.25, 0.3) is 0 Å². The van der Waals surface area contributed by atoms with E-state index in [1.54, 1.807) is 0 Å². The van der Waals surface area contributed by atoms with E-state index in [0.29, 0.717) is 6.07 Å². The SMILES string of the molecule is O=[N+]([O-])c1ccc(Oc2ccc(C(F)(F)F)cc2Cl)cc1[As](=O)O. The zero-order valence-corrected chi connectivity index (χ0v) is 14.1. The van der Waals surface area contributed by atoms with Gasteiger partial charge in [0.2, 0.25) is 0 Å². The van der Waals surface area contributed by atoms with Crippen LogP contribution in [-0.2, 0) is 9.92 Å². The summed E-state index contributed by atoms with van der Waals surface area (Å²) < 4.78 is 63.0. The zero-order chi connectivity index (χ0) is 18.1. The van der Waals surface area contributed by atoms with Crippen molar-refractivity contribution in [3.05, 3.63) is 57.1 Å². The number of ether oxygens (including phenoxy) is 1. The molecule has 0 aromatic heterocycles. The Balaban J connectivity index is 2.37. The Morgan fingerprint density at radius 3 is 2.38 bits per heavy atom. The number of nitro benzene ring substituents is 1. The van der Waals surface area contributed by atoms with E-state index in [2.05, 4.69) is 0 Å². The Labute approximate surface area is 142 Å². The molecule has 0 amide bonds. The summed E-state index contributed by atoms with van der Waals surface area (Å²) in [4.78, 5) is 9.97. The predicted octanol–water partition coefficient (Wildman–Crippen LogP) is 3.18. The van der Waals surface area contributed by atoms with Gasteiger partial charge in [-0.1, -0.05) is 0 Å². The van der Waals surface area contributed by atoms with Gasteiger partial charge in [-0.25, -0.2) is 0 Å². The Hall–Kier alpha value is -1.96. The van der Waals surface area contributed by atoms with E-state index < -0.39 is 41.6 Å². The summed E-state index contributed by atoms with van der Waals surface area (Å²) in [6, 6.07) is 5.51. The van der Waals surface area contributed by atoms with E-state index >= 15 is 0 Å². The van der Waals surface area contributed by atoms with Crippen LogP contribution in [-0.4, -0.2) is 24.0 Å². The molecular formula is C13H7AsClF3NO5. The monoisotopic (exact) mass is 424 g/mol. The molecular weight excluding hydrogens is 418 g/mol. The van der Waals surface area contributed by atoms with Gasteiger partial charge in [-0.15, -0.1) is 0 Å². The maximum absolute atomic E-state index is 12.6. The third kappa shape index (κ3) is 4.11. The number of rotatable bonds is 4. The molecule has 0 aliphatic carbocycles. The molecule has 11 heteroatoms. The van der Waals surface area contributed by atoms with Crippen LogP contribution in [0.25, 0.3) is 0 Å². The van der Waals surface area contributed by atoms with E-state index in [1.165, 1.54) is 0 Å². The Kier molecular flexibility index (Phi) is 5.27. The first-order valence-electron chi connectivity index (χ1n) is 6.09. The molecule has 0 aliphatic rings. The van der Waals surface area contributed by atoms with Crippen molar-refractivity contribution in [3.63, 3.8) is 0 Å². The summed E-state index contributed by atoms with van der Waals surface area (Å²) in [5.41, 5.74) is -1.51. The van der Waals surface area contributed by atoms with Crippen molar-refractivity contribution in [2.24, 2.45) is 0 Å². The van der Waals surface area contributed by atoms with Crippen molar-refractivity contribution >= 4 is 36.6 Å². The number of hydrogen-bond acceptors (Lipinski definition) is 4. The number of alkyl halides is 3. The van der Waals surface area contributed by atoms with E-state index in [0.717, 1.165) is 30.3 Å². The van der Waals surface area contributed by atoms with E-state index in [-0.39, 0.29) is 16.5 Å². The number of benzene rings is 2. The Morgan fingerprint density at radius 1 is 1.21 bits per heavy atom.